The van der Waals surface area contributed by atoms with Crippen molar-refractivity contribution in [1.29, 1.82) is 0 Å². The van der Waals surface area contributed by atoms with E-state index in [4.69, 9.17) is 4.74 Å². The van der Waals surface area contributed by atoms with Crippen LogP contribution in [0.1, 0.15) is 39.5 Å². The Morgan fingerprint density at radius 3 is 2.77 bits per heavy atom. The van der Waals surface area contributed by atoms with Crippen molar-refractivity contribution < 1.29 is 14.6 Å². The summed E-state index contributed by atoms with van der Waals surface area (Å²) in [5.74, 6) is 0.925. The molecular weight excluding hydrogens is 510 g/mol. The zero-order chi connectivity index (χ0) is 15.5. The molecule has 3 N–H and O–H groups in total. The van der Waals surface area contributed by atoms with E-state index in [1.165, 1.54) is 6.42 Å². The Morgan fingerprint density at radius 2 is 2.14 bits per heavy atom. The molecule has 2 aliphatic heterocycles. The summed E-state index contributed by atoms with van der Waals surface area (Å²) in [7, 11) is 0. The van der Waals surface area contributed by atoms with E-state index in [0.29, 0.717) is 18.4 Å². The van der Waals surface area contributed by atoms with Gasteiger partial charge in [0.05, 0.1) is 0 Å². The van der Waals surface area contributed by atoms with Gasteiger partial charge in [0, 0.05) is 0 Å². The molecule has 5 fully saturated rings. The molecule has 0 aromatic rings. The van der Waals surface area contributed by atoms with Crippen molar-refractivity contribution in [3.63, 3.8) is 0 Å². The maximum atomic E-state index is 12.6. The SMILES string of the molecule is CC1CC2(COC(=O)C(C)(I)C34NI3N4)CC3CC3(C2)C1O. The van der Waals surface area contributed by atoms with Crippen molar-refractivity contribution in [1.82, 2.24) is 7.06 Å². The Kier molecular flexibility index (Phi) is 2.84. The predicted molar refractivity (Wildman–Crippen MR) is 98.4 cm³/mol. The molecule has 6 unspecified atom stereocenters. The van der Waals surface area contributed by atoms with Gasteiger partial charge in [0.1, 0.15) is 0 Å². The Labute approximate surface area is 151 Å². The molecule has 5 nitrogen and oxygen atoms in total. The Morgan fingerprint density at radius 1 is 1.45 bits per heavy atom. The van der Waals surface area contributed by atoms with Gasteiger partial charge in [-0.3, -0.25) is 0 Å². The standard InChI is InChI=1S/C15H22I2N2O3/c1-8-3-13(4-9-5-14(9,6-13)10(8)20)7-22-11(21)12(2,16)15-17(18-15)19-15/h8-10,18-20H,3-7H2,1-2H3. The van der Waals surface area contributed by atoms with Crippen LogP contribution in [0.5, 0.6) is 0 Å². The number of fused-ring (bicyclic) bond motifs is 2. The second kappa shape index (κ2) is 4.13. The number of carbonyl (C=O) groups is 1. The number of aliphatic hydroxyl groups is 1. The number of hydrogen-bond acceptors (Lipinski definition) is 5. The van der Waals surface area contributed by atoms with Gasteiger partial charge >= 0.3 is 153 Å². The van der Waals surface area contributed by atoms with Crippen LogP contribution in [0.3, 0.4) is 0 Å². The number of rotatable bonds is 4. The molecule has 0 radical (unpaired) electrons. The number of hydrogen-bond donors (Lipinski definition) is 3. The number of esters is 1. The van der Waals surface area contributed by atoms with Crippen LogP contribution >= 0.6 is 43.0 Å². The van der Waals surface area contributed by atoms with Gasteiger partial charge in [-0.15, -0.1) is 0 Å². The summed E-state index contributed by atoms with van der Waals surface area (Å²) < 4.78 is 12.1. The fourth-order valence-corrected chi connectivity index (χ4v) is 13.2. The molecule has 3 saturated carbocycles. The Balaban J connectivity index is 1.28. The summed E-state index contributed by atoms with van der Waals surface area (Å²) in [5, 5.41) is 10.5. The third kappa shape index (κ3) is 1.72. The number of alkyl halides is 2. The van der Waals surface area contributed by atoms with Crippen LogP contribution in [0.25, 0.3) is 0 Å². The molecule has 22 heavy (non-hydrogen) atoms. The van der Waals surface area contributed by atoms with Gasteiger partial charge in [0.2, 0.25) is 0 Å². The summed E-state index contributed by atoms with van der Waals surface area (Å²) in [6, 6.07) is 0. The van der Waals surface area contributed by atoms with Crippen LogP contribution in [0, 0.1) is 22.7 Å². The number of carbonyl (C=O) groups excluding carboxylic acids is 1. The zero-order valence-electron chi connectivity index (χ0n) is 12.8. The molecule has 2 bridgehead atoms. The van der Waals surface area contributed by atoms with Crippen molar-refractivity contribution >= 4 is 48.9 Å². The number of nitrogens with one attached hydrogen (secondary N) is 2. The van der Waals surface area contributed by atoms with Gasteiger partial charge in [-0.05, 0) is 0 Å². The summed E-state index contributed by atoms with van der Waals surface area (Å²) in [6.07, 6.45) is 4.24. The van der Waals surface area contributed by atoms with Crippen LogP contribution in [-0.4, -0.2) is 30.9 Å². The Bertz CT molecular complexity index is 579. The van der Waals surface area contributed by atoms with Crippen molar-refractivity contribution in [3.05, 3.63) is 0 Å². The minimum atomic E-state index is -1.14. The van der Waals surface area contributed by atoms with Gasteiger partial charge in [0.15, 0.2) is 0 Å². The summed E-state index contributed by atoms with van der Waals surface area (Å²) in [4.78, 5) is 12.6. The molecule has 124 valence electrons. The topological polar surface area (TPSA) is 90.4 Å². The molecule has 0 amide bonds. The van der Waals surface area contributed by atoms with Crippen molar-refractivity contribution in [2.24, 2.45) is 22.7 Å². The van der Waals surface area contributed by atoms with Crippen LogP contribution in [0.4, 0.5) is 0 Å². The van der Waals surface area contributed by atoms with Crippen LogP contribution in [0.2, 0.25) is 0 Å². The van der Waals surface area contributed by atoms with Gasteiger partial charge in [0.25, 0.3) is 0 Å². The van der Waals surface area contributed by atoms with Crippen LogP contribution in [-0.2, 0) is 9.53 Å². The molecule has 2 saturated heterocycles. The molecule has 5 aliphatic rings. The van der Waals surface area contributed by atoms with E-state index in [-0.39, 0.29) is 26.6 Å². The number of ether oxygens (including phenoxy) is 1. The van der Waals surface area contributed by atoms with E-state index >= 15 is 0 Å². The van der Waals surface area contributed by atoms with Crippen LogP contribution in [0.15, 0.2) is 0 Å². The zero-order valence-corrected chi connectivity index (χ0v) is 17.1. The molecule has 2 heterocycles. The fraction of sp³-hybridized carbons (Fsp3) is 0.933. The molecular formula is C15H22I2N2O3. The van der Waals surface area contributed by atoms with E-state index in [1.54, 1.807) is 0 Å². The molecule has 3 aliphatic carbocycles. The first-order valence-electron chi connectivity index (χ1n) is 8.05. The van der Waals surface area contributed by atoms with Gasteiger partial charge < -0.3 is 0 Å². The molecule has 0 aromatic carbocycles. The van der Waals surface area contributed by atoms with E-state index in [1.807, 2.05) is 6.92 Å². The second-order valence-electron chi connectivity index (χ2n) is 8.35. The van der Waals surface area contributed by atoms with E-state index in [2.05, 4.69) is 36.6 Å². The molecule has 7 heteroatoms. The fourth-order valence-electron chi connectivity index (χ4n) is 5.41. The number of aliphatic hydroxyl groups excluding tert-OH is 1. The second-order valence-corrected chi connectivity index (χ2v) is 14.8. The van der Waals surface area contributed by atoms with Gasteiger partial charge in [-0.2, -0.15) is 0 Å². The quantitative estimate of drug-likeness (QED) is 0.129. The third-order valence-corrected chi connectivity index (χ3v) is 13.9. The molecule has 6 atom stereocenters. The monoisotopic (exact) mass is 532 g/mol. The van der Waals surface area contributed by atoms with E-state index < -0.39 is 23.8 Å². The van der Waals surface area contributed by atoms with Crippen LogP contribution < -0.4 is 7.06 Å². The first-order chi connectivity index (χ1) is 10.2. The first-order valence-corrected chi connectivity index (χ1v) is 12.4. The maximum absolute atomic E-state index is 12.6. The van der Waals surface area contributed by atoms with Crippen molar-refractivity contribution in [2.45, 2.75) is 52.7 Å². The summed E-state index contributed by atoms with van der Waals surface area (Å²) in [5.41, 5.74) is 0.305. The normalized spacial score (nSPS) is 53.1. The average molecular weight is 532 g/mol. The van der Waals surface area contributed by atoms with Crippen molar-refractivity contribution in [3.8, 4) is 0 Å². The average Bonchev–Trinajstić information content (AvgIpc) is 3.33. The third-order valence-electron chi connectivity index (χ3n) is 6.75. The summed E-state index contributed by atoms with van der Waals surface area (Å²) >= 11 is 1.11. The molecule has 5 rings (SSSR count). The molecule has 0 aromatic heterocycles. The molecule has 1 spiro atoms. The van der Waals surface area contributed by atoms with Gasteiger partial charge in [-0.1, -0.05) is 0 Å². The summed E-state index contributed by atoms with van der Waals surface area (Å²) in [6.45, 7) is 4.69. The van der Waals surface area contributed by atoms with E-state index in [0.717, 1.165) is 19.3 Å². The minimum absolute atomic E-state index is 0.0542. The number of halogens is 2. The predicted octanol–water partition coefficient (Wildman–Crippen LogP) is 2.11. The van der Waals surface area contributed by atoms with E-state index in [9.17, 15) is 9.90 Å². The first kappa shape index (κ1) is 15.1. The van der Waals surface area contributed by atoms with Crippen molar-refractivity contribution in [2.75, 3.05) is 6.61 Å². The van der Waals surface area contributed by atoms with Gasteiger partial charge in [-0.25, -0.2) is 0 Å². The Hall–Kier alpha value is 0.810.